The highest BCUT2D eigenvalue weighted by molar-refractivity contribution is 7.86. The zero-order valence-electron chi connectivity index (χ0n) is 10.0. The van der Waals surface area contributed by atoms with Crippen molar-refractivity contribution in [3.8, 4) is 0 Å². The molecular weight excluding hydrogens is 253 g/mol. The molecule has 18 heavy (non-hydrogen) atoms. The van der Waals surface area contributed by atoms with Crippen LogP contribution in [0.1, 0.15) is 37.8 Å². The van der Waals surface area contributed by atoms with Gasteiger partial charge in [-0.3, -0.25) is 9.19 Å². The van der Waals surface area contributed by atoms with Crippen LogP contribution in [-0.4, -0.2) is 24.8 Å². The van der Waals surface area contributed by atoms with Gasteiger partial charge in [0, 0.05) is 27.5 Å². The summed E-state index contributed by atoms with van der Waals surface area (Å²) in [6.07, 6.45) is 5.11. The van der Waals surface area contributed by atoms with Gasteiger partial charge >= 0.3 is 0 Å². The Morgan fingerprint density at radius 3 is 2.67 bits per heavy atom. The molecule has 1 N–H and O–H groups in total. The molecule has 2 saturated heterocycles. The summed E-state index contributed by atoms with van der Waals surface area (Å²) in [4.78, 5) is 4.10. The van der Waals surface area contributed by atoms with Gasteiger partial charge in [-0.25, -0.2) is 4.39 Å². The van der Waals surface area contributed by atoms with E-state index in [-0.39, 0.29) is 16.3 Å². The Kier molecular flexibility index (Phi) is 2.98. The third-order valence-electron chi connectivity index (χ3n) is 4.04. The lowest BCUT2D eigenvalue weighted by molar-refractivity contribution is 0.00219. The van der Waals surface area contributed by atoms with E-state index in [1.165, 1.54) is 18.3 Å². The molecule has 0 spiro atoms. The molecule has 0 saturated carbocycles. The fourth-order valence-corrected chi connectivity index (χ4v) is 5.37. The Bertz CT molecular complexity index is 478. The van der Waals surface area contributed by atoms with Crippen molar-refractivity contribution in [3.63, 3.8) is 0 Å². The Morgan fingerprint density at radius 2 is 2.06 bits per heavy atom. The van der Waals surface area contributed by atoms with Crippen LogP contribution in [0.15, 0.2) is 18.3 Å². The monoisotopic (exact) mass is 269 g/mol. The lowest BCUT2D eigenvalue weighted by Gasteiger charge is -2.43. The number of nitrogens with zero attached hydrogens (tertiary/aromatic N) is 1. The Morgan fingerprint density at radius 1 is 1.39 bits per heavy atom. The molecule has 5 heteroatoms. The van der Waals surface area contributed by atoms with E-state index in [0.717, 1.165) is 19.3 Å². The van der Waals surface area contributed by atoms with E-state index in [1.807, 2.05) is 0 Å². The molecule has 0 aliphatic carbocycles. The van der Waals surface area contributed by atoms with Crippen LogP contribution in [0.3, 0.4) is 0 Å². The Hall–Kier alpha value is -0.810. The Labute approximate surface area is 108 Å². The molecule has 1 aromatic rings. The summed E-state index contributed by atoms with van der Waals surface area (Å²) < 4.78 is 25.3. The van der Waals surface area contributed by atoms with Crippen LogP contribution in [0, 0.1) is 5.82 Å². The minimum absolute atomic E-state index is 0.0348. The number of aliphatic hydroxyl groups is 1. The van der Waals surface area contributed by atoms with E-state index in [1.54, 1.807) is 0 Å². The van der Waals surface area contributed by atoms with Gasteiger partial charge in [0.05, 0.1) is 5.69 Å². The molecule has 3 nitrogen and oxygen atoms in total. The third-order valence-corrected chi connectivity index (χ3v) is 6.16. The van der Waals surface area contributed by atoms with Gasteiger partial charge in [0.15, 0.2) is 0 Å². The fourth-order valence-electron chi connectivity index (χ4n) is 3.15. The molecular formula is C13H16FNO2S. The Balaban J connectivity index is 1.94. The van der Waals surface area contributed by atoms with Crippen molar-refractivity contribution in [1.29, 1.82) is 0 Å². The van der Waals surface area contributed by atoms with E-state index >= 15 is 0 Å². The molecule has 2 aliphatic rings. The molecule has 0 amide bonds. The average molecular weight is 269 g/mol. The van der Waals surface area contributed by atoms with Crippen molar-refractivity contribution in [2.75, 3.05) is 0 Å². The van der Waals surface area contributed by atoms with Gasteiger partial charge in [0.25, 0.3) is 0 Å². The van der Waals surface area contributed by atoms with Gasteiger partial charge in [0.1, 0.15) is 11.4 Å². The second kappa shape index (κ2) is 4.38. The van der Waals surface area contributed by atoms with Crippen molar-refractivity contribution in [2.45, 2.75) is 48.2 Å². The first-order chi connectivity index (χ1) is 8.58. The second-order valence-electron chi connectivity index (χ2n) is 5.30. The van der Waals surface area contributed by atoms with E-state index in [9.17, 15) is 13.7 Å². The maximum Gasteiger partial charge on any atom is 0.126 e. The highest BCUT2D eigenvalue weighted by Gasteiger charge is 2.47. The van der Waals surface area contributed by atoms with Gasteiger partial charge < -0.3 is 5.11 Å². The molecule has 2 aliphatic heterocycles. The number of aromatic nitrogens is 1. The topological polar surface area (TPSA) is 50.2 Å². The summed E-state index contributed by atoms with van der Waals surface area (Å²) >= 11 is 0. The predicted molar refractivity (Wildman–Crippen MR) is 66.9 cm³/mol. The molecule has 2 unspecified atom stereocenters. The number of rotatable bonds is 1. The average Bonchev–Trinajstić information content (AvgIpc) is 2.31. The number of hydrogen-bond acceptors (Lipinski definition) is 3. The van der Waals surface area contributed by atoms with E-state index < -0.39 is 16.4 Å². The zero-order chi connectivity index (χ0) is 12.8. The first-order valence-electron chi connectivity index (χ1n) is 6.32. The number of fused-ring (bicyclic) bond motifs is 2. The summed E-state index contributed by atoms with van der Waals surface area (Å²) in [6, 6.07) is 2.57. The summed E-state index contributed by atoms with van der Waals surface area (Å²) in [5, 5.41) is 10.8. The fraction of sp³-hybridized carbons (Fsp3) is 0.615. The van der Waals surface area contributed by atoms with Gasteiger partial charge in [0.2, 0.25) is 0 Å². The van der Waals surface area contributed by atoms with Crippen LogP contribution in [-0.2, 0) is 16.4 Å². The summed E-state index contributed by atoms with van der Waals surface area (Å²) in [6.45, 7) is 0. The molecule has 2 bridgehead atoms. The number of halogens is 1. The summed E-state index contributed by atoms with van der Waals surface area (Å²) in [5.41, 5.74) is -0.720. The molecule has 0 radical (unpaired) electrons. The molecule has 1 aromatic heterocycles. The van der Waals surface area contributed by atoms with Crippen LogP contribution >= 0.6 is 0 Å². The van der Waals surface area contributed by atoms with E-state index in [0.29, 0.717) is 18.5 Å². The SMILES string of the molecule is O=S1C2CCCC1CC(O)(c1cc(F)ccn1)C2. The normalized spacial score (nSPS) is 39.6. The predicted octanol–water partition coefficient (Wildman–Crippen LogP) is 1.87. The smallest absolute Gasteiger partial charge is 0.126 e. The summed E-state index contributed by atoms with van der Waals surface area (Å²) in [7, 11) is -0.843. The zero-order valence-corrected chi connectivity index (χ0v) is 10.8. The summed E-state index contributed by atoms with van der Waals surface area (Å²) in [5.74, 6) is -0.384. The van der Waals surface area contributed by atoms with Crippen LogP contribution < -0.4 is 0 Å². The molecule has 2 atom stereocenters. The maximum atomic E-state index is 13.2. The number of pyridine rings is 1. The largest absolute Gasteiger partial charge is 0.383 e. The van der Waals surface area contributed by atoms with Gasteiger partial charge in [-0.15, -0.1) is 0 Å². The van der Waals surface area contributed by atoms with Crippen molar-refractivity contribution >= 4 is 10.8 Å². The van der Waals surface area contributed by atoms with Crippen molar-refractivity contribution in [3.05, 3.63) is 29.8 Å². The minimum atomic E-state index is -1.11. The first kappa shape index (κ1) is 12.2. The van der Waals surface area contributed by atoms with Crippen molar-refractivity contribution in [2.24, 2.45) is 0 Å². The highest BCUT2D eigenvalue weighted by atomic mass is 32.2. The van der Waals surface area contributed by atoms with E-state index in [2.05, 4.69) is 4.98 Å². The van der Waals surface area contributed by atoms with Crippen LogP contribution in [0.5, 0.6) is 0 Å². The number of hydrogen-bond donors (Lipinski definition) is 1. The second-order valence-corrected chi connectivity index (χ2v) is 7.29. The molecule has 3 heterocycles. The highest BCUT2D eigenvalue weighted by Crippen LogP contribution is 2.43. The van der Waals surface area contributed by atoms with Crippen LogP contribution in [0.2, 0.25) is 0 Å². The molecule has 2 fully saturated rings. The van der Waals surface area contributed by atoms with E-state index in [4.69, 9.17) is 0 Å². The molecule has 3 rings (SSSR count). The van der Waals surface area contributed by atoms with Crippen LogP contribution in [0.4, 0.5) is 4.39 Å². The quantitative estimate of drug-likeness (QED) is 0.846. The van der Waals surface area contributed by atoms with Gasteiger partial charge in [-0.1, -0.05) is 6.42 Å². The molecule has 98 valence electrons. The lowest BCUT2D eigenvalue weighted by atomic mass is 9.83. The maximum absolute atomic E-state index is 13.2. The molecule has 0 aromatic carbocycles. The van der Waals surface area contributed by atoms with Crippen LogP contribution in [0.25, 0.3) is 0 Å². The first-order valence-corrected chi connectivity index (χ1v) is 7.60. The minimum Gasteiger partial charge on any atom is -0.383 e. The third kappa shape index (κ3) is 1.99. The van der Waals surface area contributed by atoms with Crippen molar-refractivity contribution < 1.29 is 13.7 Å². The van der Waals surface area contributed by atoms with Gasteiger partial charge in [-0.05, 0) is 37.8 Å². The van der Waals surface area contributed by atoms with Crippen molar-refractivity contribution in [1.82, 2.24) is 4.98 Å². The standard InChI is InChI=1S/C13H16FNO2S/c14-9-4-5-15-12(6-9)13(16)7-10-2-1-3-11(8-13)18(10)17/h4-6,10-11,16H,1-3,7-8H2. The van der Waals surface area contributed by atoms with Gasteiger partial charge in [-0.2, -0.15) is 0 Å². The lowest BCUT2D eigenvalue weighted by Crippen LogP contribution is -2.47.